The summed E-state index contributed by atoms with van der Waals surface area (Å²) in [4.78, 5) is 33.2. The lowest BCUT2D eigenvalue weighted by molar-refractivity contribution is -0.118. The van der Waals surface area contributed by atoms with Crippen molar-refractivity contribution in [3.8, 4) is 5.75 Å². The zero-order valence-electron chi connectivity index (χ0n) is 20.1. The summed E-state index contributed by atoms with van der Waals surface area (Å²) in [6.07, 6.45) is 5.60. The third kappa shape index (κ3) is 5.54. The smallest absolute Gasteiger partial charge is 0.262 e. The first kappa shape index (κ1) is 23.9. The number of methoxy groups -OCH3 is 1. The van der Waals surface area contributed by atoms with Crippen molar-refractivity contribution >= 4 is 28.6 Å². The second kappa shape index (κ2) is 10.8. The van der Waals surface area contributed by atoms with Gasteiger partial charge in [0.25, 0.3) is 5.56 Å². The predicted octanol–water partition coefficient (Wildman–Crippen LogP) is 4.18. The van der Waals surface area contributed by atoms with Gasteiger partial charge in [0.2, 0.25) is 5.91 Å². The molecule has 0 spiro atoms. The Kier molecular flexibility index (Phi) is 7.39. The lowest BCUT2D eigenvalue weighted by atomic mass is 10.0. The summed E-state index contributed by atoms with van der Waals surface area (Å²) in [5.41, 5.74) is 1.85. The highest BCUT2D eigenvalue weighted by molar-refractivity contribution is 7.99. The summed E-state index contributed by atoms with van der Waals surface area (Å²) in [6.45, 7) is 2.62. The maximum absolute atomic E-state index is 13.1. The molecule has 0 radical (unpaired) electrons. The molecule has 1 aliphatic carbocycles. The zero-order chi connectivity index (χ0) is 24.2. The van der Waals surface area contributed by atoms with Gasteiger partial charge in [-0.25, -0.2) is 4.98 Å². The lowest BCUT2D eigenvalue weighted by Crippen LogP contribution is -2.41. The molecule has 2 fully saturated rings. The van der Waals surface area contributed by atoms with E-state index < -0.39 is 0 Å². The fourth-order valence-corrected chi connectivity index (χ4v) is 5.68. The SMILES string of the molecule is COc1ccc(C(CNC(=O)CSc2nc3ccccc3c(=O)n2C2CC2)N2CCCCC2)cc1. The molecule has 2 heterocycles. The van der Waals surface area contributed by atoms with Gasteiger partial charge in [-0.2, -0.15) is 0 Å². The highest BCUT2D eigenvalue weighted by atomic mass is 32.2. The van der Waals surface area contributed by atoms with Crippen LogP contribution < -0.4 is 15.6 Å². The predicted molar refractivity (Wildman–Crippen MR) is 139 cm³/mol. The molecule has 1 unspecified atom stereocenters. The number of thioether (sulfide) groups is 1. The summed E-state index contributed by atoms with van der Waals surface area (Å²) < 4.78 is 7.10. The molecule has 8 heteroatoms. The molecule has 1 saturated carbocycles. The number of nitrogens with one attached hydrogen (secondary N) is 1. The van der Waals surface area contributed by atoms with Gasteiger partial charge in [-0.3, -0.25) is 19.1 Å². The summed E-state index contributed by atoms with van der Waals surface area (Å²) in [5.74, 6) is 1.01. The van der Waals surface area contributed by atoms with E-state index in [2.05, 4.69) is 22.3 Å². The van der Waals surface area contributed by atoms with Gasteiger partial charge in [-0.15, -0.1) is 0 Å². The molecule has 35 heavy (non-hydrogen) atoms. The van der Waals surface area contributed by atoms with Gasteiger partial charge in [0.05, 0.1) is 29.8 Å². The van der Waals surface area contributed by atoms with Crippen molar-refractivity contribution in [2.45, 2.75) is 49.3 Å². The van der Waals surface area contributed by atoms with Gasteiger partial charge < -0.3 is 10.1 Å². The van der Waals surface area contributed by atoms with Gasteiger partial charge in [0.15, 0.2) is 5.16 Å². The normalized spacial score (nSPS) is 17.3. The van der Waals surface area contributed by atoms with Crippen molar-refractivity contribution in [3.05, 3.63) is 64.4 Å². The fourth-order valence-electron chi connectivity index (χ4n) is 4.79. The first-order valence-corrected chi connectivity index (χ1v) is 13.4. The first-order chi connectivity index (χ1) is 17.1. The minimum atomic E-state index is -0.0460. The summed E-state index contributed by atoms with van der Waals surface area (Å²) in [5, 5.41) is 4.42. The van der Waals surface area contributed by atoms with E-state index in [-0.39, 0.29) is 29.3 Å². The third-order valence-corrected chi connectivity index (χ3v) is 7.80. The van der Waals surface area contributed by atoms with Gasteiger partial charge in [-0.05, 0) is 68.6 Å². The third-order valence-electron chi connectivity index (χ3n) is 6.84. The van der Waals surface area contributed by atoms with E-state index in [1.807, 2.05) is 36.4 Å². The molecule has 2 aromatic carbocycles. The first-order valence-electron chi connectivity index (χ1n) is 12.4. The van der Waals surface area contributed by atoms with Crippen LogP contribution in [0.5, 0.6) is 5.75 Å². The Balaban J connectivity index is 1.27. The minimum Gasteiger partial charge on any atom is -0.497 e. The van der Waals surface area contributed by atoms with Crippen LogP contribution in [0.1, 0.15) is 49.8 Å². The molecule has 7 nitrogen and oxygen atoms in total. The van der Waals surface area contributed by atoms with Crippen molar-refractivity contribution in [1.29, 1.82) is 0 Å². The van der Waals surface area contributed by atoms with E-state index >= 15 is 0 Å². The molecule has 0 bridgehead atoms. The number of ether oxygens (including phenoxy) is 1. The van der Waals surface area contributed by atoms with Gasteiger partial charge in [-0.1, -0.05) is 42.4 Å². The van der Waals surface area contributed by atoms with E-state index in [9.17, 15) is 9.59 Å². The Morgan fingerprint density at radius 2 is 1.86 bits per heavy atom. The number of likely N-dealkylation sites (tertiary alicyclic amines) is 1. The molecule has 1 saturated heterocycles. The molecule has 1 aromatic heterocycles. The van der Waals surface area contributed by atoms with Crippen LogP contribution in [0.25, 0.3) is 10.9 Å². The van der Waals surface area contributed by atoms with Crippen molar-refractivity contribution < 1.29 is 9.53 Å². The van der Waals surface area contributed by atoms with Gasteiger partial charge in [0.1, 0.15) is 5.75 Å². The van der Waals surface area contributed by atoms with E-state index in [4.69, 9.17) is 9.72 Å². The zero-order valence-corrected chi connectivity index (χ0v) is 20.9. The molecule has 2 aliphatic rings. The average Bonchev–Trinajstić information content (AvgIpc) is 3.74. The maximum Gasteiger partial charge on any atom is 0.262 e. The topological polar surface area (TPSA) is 76.5 Å². The molecule has 1 atom stereocenters. The molecular formula is C27H32N4O3S. The Morgan fingerprint density at radius 3 is 2.57 bits per heavy atom. The van der Waals surface area contributed by atoms with Crippen LogP contribution in [0.2, 0.25) is 0 Å². The Bertz CT molecular complexity index is 1230. The van der Waals surface area contributed by atoms with E-state index in [1.165, 1.54) is 36.6 Å². The summed E-state index contributed by atoms with van der Waals surface area (Å²) in [6, 6.07) is 15.9. The number of rotatable bonds is 9. The van der Waals surface area contributed by atoms with E-state index in [0.29, 0.717) is 22.6 Å². The molecule has 184 valence electrons. The van der Waals surface area contributed by atoms with Crippen molar-refractivity contribution in [2.75, 3.05) is 32.5 Å². The highest BCUT2D eigenvalue weighted by Gasteiger charge is 2.29. The molecular weight excluding hydrogens is 460 g/mol. The molecule has 1 aliphatic heterocycles. The standard InChI is InChI=1S/C27H32N4O3S/c1-34-21-13-9-19(10-14-21)24(30-15-5-2-6-16-30)17-28-25(32)18-35-27-29-23-8-4-3-7-22(23)26(33)31(27)20-11-12-20/h3-4,7-10,13-14,20,24H,2,5-6,11-12,15-18H2,1H3,(H,28,32). The van der Waals surface area contributed by atoms with Crippen LogP contribution in [0.15, 0.2) is 58.5 Å². The Morgan fingerprint density at radius 1 is 1.11 bits per heavy atom. The van der Waals surface area contributed by atoms with E-state index in [0.717, 1.165) is 31.7 Å². The van der Waals surface area contributed by atoms with Crippen LogP contribution in [-0.4, -0.2) is 52.9 Å². The number of aromatic nitrogens is 2. The summed E-state index contributed by atoms with van der Waals surface area (Å²) in [7, 11) is 1.67. The quantitative estimate of drug-likeness (QED) is 0.357. The van der Waals surface area contributed by atoms with E-state index in [1.54, 1.807) is 11.7 Å². The van der Waals surface area contributed by atoms with Crippen LogP contribution >= 0.6 is 11.8 Å². The fraction of sp³-hybridized carbons (Fsp3) is 0.444. The second-order valence-corrected chi connectivity index (χ2v) is 10.2. The maximum atomic E-state index is 13.1. The molecule has 3 aromatic rings. The van der Waals surface area contributed by atoms with Gasteiger partial charge in [0, 0.05) is 12.6 Å². The van der Waals surface area contributed by atoms with Crippen molar-refractivity contribution in [3.63, 3.8) is 0 Å². The monoisotopic (exact) mass is 492 g/mol. The number of benzene rings is 2. The van der Waals surface area contributed by atoms with Crippen LogP contribution in [-0.2, 0) is 4.79 Å². The van der Waals surface area contributed by atoms with Crippen LogP contribution in [0.4, 0.5) is 0 Å². The Labute approximate surface area is 209 Å². The highest BCUT2D eigenvalue weighted by Crippen LogP contribution is 2.36. The Hall–Kier alpha value is -2.84. The van der Waals surface area contributed by atoms with Gasteiger partial charge >= 0.3 is 0 Å². The summed E-state index contributed by atoms with van der Waals surface area (Å²) >= 11 is 1.35. The number of hydrogen-bond acceptors (Lipinski definition) is 6. The van der Waals surface area contributed by atoms with Crippen LogP contribution in [0, 0.1) is 0 Å². The number of para-hydroxylation sites is 1. The number of hydrogen-bond donors (Lipinski definition) is 1. The van der Waals surface area contributed by atoms with Crippen LogP contribution in [0.3, 0.4) is 0 Å². The number of amides is 1. The molecule has 1 amide bonds. The minimum absolute atomic E-state index is 0.00863. The number of fused-ring (bicyclic) bond motifs is 1. The number of piperidine rings is 1. The molecule has 1 N–H and O–H groups in total. The average molecular weight is 493 g/mol. The lowest BCUT2D eigenvalue weighted by Gasteiger charge is -2.35. The second-order valence-electron chi connectivity index (χ2n) is 9.30. The number of nitrogens with zero attached hydrogens (tertiary/aromatic N) is 3. The molecule has 5 rings (SSSR count). The number of carbonyl (C=O) groups excluding carboxylic acids is 1. The van der Waals surface area contributed by atoms with Crippen molar-refractivity contribution in [1.82, 2.24) is 19.8 Å². The number of carbonyl (C=O) groups is 1. The largest absolute Gasteiger partial charge is 0.497 e. The van der Waals surface area contributed by atoms with Crippen molar-refractivity contribution in [2.24, 2.45) is 0 Å².